The molecule has 0 heterocycles. The summed E-state index contributed by atoms with van der Waals surface area (Å²) in [4.78, 5) is 34.6. The molecule has 2 rings (SSSR count). The topological polar surface area (TPSA) is 93.7 Å². The van der Waals surface area contributed by atoms with Gasteiger partial charge >= 0.3 is 12.0 Å². The fourth-order valence-electron chi connectivity index (χ4n) is 1.73. The van der Waals surface area contributed by atoms with Crippen LogP contribution >= 0.6 is 0 Å². The highest BCUT2D eigenvalue weighted by atomic mass is 16.5. The predicted octanol–water partition coefficient (Wildman–Crippen LogP) is 1.62. The Labute approximate surface area is 134 Å². The van der Waals surface area contributed by atoms with Crippen LogP contribution < -0.4 is 15.4 Å². The van der Waals surface area contributed by atoms with Gasteiger partial charge in [-0.3, -0.25) is 10.1 Å². The first-order valence-corrected chi connectivity index (χ1v) is 7.59. The number of urea groups is 1. The number of rotatable bonds is 7. The van der Waals surface area contributed by atoms with Crippen molar-refractivity contribution in [1.29, 1.82) is 0 Å². The van der Waals surface area contributed by atoms with Gasteiger partial charge < -0.3 is 14.8 Å². The zero-order chi connectivity index (χ0) is 16.7. The van der Waals surface area contributed by atoms with Crippen molar-refractivity contribution in [2.45, 2.75) is 32.2 Å². The Bertz CT molecular complexity index is 566. The van der Waals surface area contributed by atoms with E-state index in [2.05, 4.69) is 10.6 Å². The summed E-state index contributed by atoms with van der Waals surface area (Å²) in [5.74, 6) is -0.637. The largest absolute Gasteiger partial charge is 0.494 e. The number of amides is 3. The Kier molecular flexibility index (Phi) is 5.96. The molecule has 0 aromatic heterocycles. The molecule has 1 aliphatic rings. The quantitative estimate of drug-likeness (QED) is 0.745. The van der Waals surface area contributed by atoms with Gasteiger partial charge in [-0.05, 0) is 43.5 Å². The SMILES string of the molecule is CCCOc1ccc(C(=O)OCC(=O)NC(=O)NC2CC2)cc1. The van der Waals surface area contributed by atoms with Crippen molar-refractivity contribution in [2.75, 3.05) is 13.2 Å². The molecule has 0 bridgehead atoms. The van der Waals surface area contributed by atoms with Crippen LogP contribution in [-0.2, 0) is 9.53 Å². The highest BCUT2D eigenvalue weighted by Gasteiger charge is 2.24. The van der Waals surface area contributed by atoms with Crippen LogP contribution in [0.1, 0.15) is 36.5 Å². The van der Waals surface area contributed by atoms with E-state index < -0.39 is 24.5 Å². The molecule has 1 fully saturated rings. The lowest BCUT2D eigenvalue weighted by molar-refractivity contribution is -0.123. The van der Waals surface area contributed by atoms with E-state index in [1.54, 1.807) is 24.3 Å². The Morgan fingerprint density at radius 1 is 1.17 bits per heavy atom. The number of esters is 1. The first-order chi connectivity index (χ1) is 11.1. The highest BCUT2D eigenvalue weighted by Crippen LogP contribution is 2.18. The number of carbonyl (C=O) groups is 3. The summed E-state index contributed by atoms with van der Waals surface area (Å²) in [7, 11) is 0. The zero-order valence-corrected chi connectivity index (χ0v) is 13.0. The second-order valence-corrected chi connectivity index (χ2v) is 5.24. The van der Waals surface area contributed by atoms with E-state index in [1.807, 2.05) is 6.92 Å². The maximum atomic E-state index is 11.8. The molecular formula is C16H20N2O5. The molecule has 2 N–H and O–H groups in total. The zero-order valence-electron chi connectivity index (χ0n) is 13.0. The molecule has 0 radical (unpaired) electrons. The number of hydrogen-bond acceptors (Lipinski definition) is 5. The molecule has 124 valence electrons. The molecule has 7 nitrogen and oxygen atoms in total. The molecule has 1 saturated carbocycles. The van der Waals surface area contributed by atoms with E-state index in [4.69, 9.17) is 9.47 Å². The van der Waals surface area contributed by atoms with Gasteiger partial charge in [0, 0.05) is 6.04 Å². The van der Waals surface area contributed by atoms with Crippen molar-refractivity contribution >= 4 is 17.9 Å². The molecule has 0 spiro atoms. The van der Waals surface area contributed by atoms with E-state index in [0.29, 0.717) is 17.9 Å². The van der Waals surface area contributed by atoms with Gasteiger partial charge in [-0.1, -0.05) is 6.92 Å². The highest BCUT2D eigenvalue weighted by molar-refractivity contribution is 5.97. The van der Waals surface area contributed by atoms with Gasteiger partial charge in [-0.15, -0.1) is 0 Å². The van der Waals surface area contributed by atoms with Crippen molar-refractivity contribution in [3.8, 4) is 5.75 Å². The first-order valence-electron chi connectivity index (χ1n) is 7.59. The van der Waals surface area contributed by atoms with E-state index >= 15 is 0 Å². The Balaban J connectivity index is 1.72. The second-order valence-electron chi connectivity index (χ2n) is 5.24. The van der Waals surface area contributed by atoms with E-state index in [-0.39, 0.29) is 6.04 Å². The molecule has 1 aromatic rings. The number of carbonyl (C=O) groups excluding carboxylic acids is 3. The van der Waals surface area contributed by atoms with Gasteiger partial charge in [0.15, 0.2) is 6.61 Å². The normalized spacial score (nSPS) is 13.1. The van der Waals surface area contributed by atoms with Crippen LogP contribution in [-0.4, -0.2) is 37.2 Å². The lowest BCUT2D eigenvalue weighted by atomic mass is 10.2. The molecule has 7 heteroatoms. The van der Waals surface area contributed by atoms with E-state index in [9.17, 15) is 14.4 Å². The van der Waals surface area contributed by atoms with E-state index in [1.165, 1.54) is 0 Å². The van der Waals surface area contributed by atoms with E-state index in [0.717, 1.165) is 19.3 Å². The fraction of sp³-hybridized carbons (Fsp3) is 0.438. The summed E-state index contributed by atoms with van der Waals surface area (Å²) in [6.07, 6.45) is 2.75. The van der Waals surface area contributed by atoms with Crippen molar-refractivity contribution in [3.63, 3.8) is 0 Å². The molecule has 3 amide bonds. The van der Waals surface area contributed by atoms with Crippen LogP contribution in [0, 0.1) is 0 Å². The lowest BCUT2D eigenvalue weighted by Gasteiger charge is -2.07. The van der Waals surface area contributed by atoms with Crippen LogP contribution in [0.5, 0.6) is 5.75 Å². The molecule has 0 saturated heterocycles. The number of benzene rings is 1. The van der Waals surface area contributed by atoms with Gasteiger partial charge in [0.05, 0.1) is 12.2 Å². The molecule has 0 unspecified atom stereocenters. The van der Waals surface area contributed by atoms with Crippen LogP contribution in [0.4, 0.5) is 4.79 Å². The molecule has 0 atom stereocenters. The van der Waals surface area contributed by atoms with Crippen LogP contribution in [0.3, 0.4) is 0 Å². The van der Waals surface area contributed by atoms with Crippen molar-refractivity contribution < 1.29 is 23.9 Å². The monoisotopic (exact) mass is 320 g/mol. The number of imide groups is 1. The van der Waals surface area contributed by atoms with Gasteiger partial charge in [0.1, 0.15) is 5.75 Å². The molecule has 23 heavy (non-hydrogen) atoms. The first kappa shape index (κ1) is 16.8. The van der Waals surface area contributed by atoms with Gasteiger partial charge in [0.2, 0.25) is 0 Å². The van der Waals surface area contributed by atoms with Crippen LogP contribution in [0.25, 0.3) is 0 Å². The smallest absolute Gasteiger partial charge is 0.338 e. The molecule has 1 aliphatic carbocycles. The number of hydrogen-bond donors (Lipinski definition) is 2. The minimum atomic E-state index is -0.667. The van der Waals surface area contributed by atoms with Crippen LogP contribution in [0.15, 0.2) is 24.3 Å². The average molecular weight is 320 g/mol. The average Bonchev–Trinajstić information content (AvgIpc) is 3.34. The predicted molar refractivity (Wildman–Crippen MR) is 82.2 cm³/mol. The van der Waals surface area contributed by atoms with Gasteiger partial charge in [-0.25, -0.2) is 9.59 Å². The molecule has 0 aliphatic heterocycles. The minimum Gasteiger partial charge on any atom is -0.494 e. The third-order valence-electron chi connectivity index (χ3n) is 3.06. The second kappa shape index (κ2) is 8.17. The maximum absolute atomic E-state index is 11.8. The Morgan fingerprint density at radius 2 is 1.87 bits per heavy atom. The van der Waals surface area contributed by atoms with Crippen molar-refractivity contribution in [1.82, 2.24) is 10.6 Å². The summed E-state index contributed by atoms with van der Waals surface area (Å²) < 4.78 is 10.3. The molecular weight excluding hydrogens is 300 g/mol. The minimum absolute atomic E-state index is 0.152. The lowest BCUT2D eigenvalue weighted by Crippen LogP contribution is -2.42. The third-order valence-corrected chi connectivity index (χ3v) is 3.06. The summed E-state index contributed by atoms with van der Waals surface area (Å²) >= 11 is 0. The van der Waals surface area contributed by atoms with Gasteiger partial charge in [0.25, 0.3) is 5.91 Å². The summed E-state index contributed by atoms with van der Waals surface area (Å²) in [6.45, 7) is 2.10. The summed E-state index contributed by atoms with van der Waals surface area (Å²) in [5, 5.41) is 4.71. The van der Waals surface area contributed by atoms with Gasteiger partial charge in [-0.2, -0.15) is 0 Å². The third kappa shape index (κ3) is 5.98. The fourth-order valence-corrected chi connectivity index (χ4v) is 1.73. The Morgan fingerprint density at radius 3 is 2.48 bits per heavy atom. The summed E-state index contributed by atoms with van der Waals surface area (Å²) in [5.41, 5.74) is 0.309. The molecule has 1 aromatic carbocycles. The standard InChI is InChI=1S/C16H20N2O5/c1-2-9-22-13-7-3-11(4-8-13)15(20)23-10-14(19)18-16(21)17-12-5-6-12/h3-4,7-8,12H,2,5-6,9-10H2,1H3,(H2,17,18,19,21). The summed E-state index contributed by atoms with van der Waals surface area (Å²) in [6, 6.07) is 6.03. The van der Waals surface area contributed by atoms with Crippen LogP contribution in [0.2, 0.25) is 0 Å². The Hall–Kier alpha value is -2.57. The number of ether oxygens (including phenoxy) is 2. The van der Waals surface area contributed by atoms with Crippen molar-refractivity contribution in [3.05, 3.63) is 29.8 Å². The maximum Gasteiger partial charge on any atom is 0.338 e. The number of nitrogens with one attached hydrogen (secondary N) is 2. The van der Waals surface area contributed by atoms with Crippen molar-refractivity contribution in [2.24, 2.45) is 0 Å².